The van der Waals surface area contributed by atoms with Crippen LogP contribution in [0.1, 0.15) is 16.1 Å². The molecular formula is C17H17N3S. The highest BCUT2D eigenvalue weighted by atomic mass is 32.1. The molecule has 0 unspecified atom stereocenters. The highest BCUT2D eigenvalue weighted by Crippen LogP contribution is 2.21. The van der Waals surface area contributed by atoms with Crippen LogP contribution in [0.5, 0.6) is 0 Å². The summed E-state index contributed by atoms with van der Waals surface area (Å²) < 4.78 is 0. The van der Waals surface area contributed by atoms with Crippen molar-refractivity contribution >= 4 is 22.4 Å². The standard InChI is InChI=1S/C17H17N3S/c1-4-16-17(18-7-1)11-13-12-20(9-6-15(13)19-16)8-5-14-3-2-10-21-14/h1-4,7,10-11H,5-6,8-9,12H2. The Morgan fingerprint density at radius 1 is 1.19 bits per heavy atom. The average molecular weight is 295 g/mol. The molecule has 1 aliphatic heterocycles. The van der Waals surface area contributed by atoms with Gasteiger partial charge in [-0.1, -0.05) is 6.07 Å². The van der Waals surface area contributed by atoms with Crippen molar-refractivity contribution in [1.29, 1.82) is 0 Å². The summed E-state index contributed by atoms with van der Waals surface area (Å²) in [5.74, 6) is 0. The van der Waals surface area contributed by atoms with Crippen LogP contribution in [0.15, 0.2) is 41.9 Å². The molecule has 3 nitrogen and oxygen atoms in total. The van der Waals surface area contributed by atoms with Gasteiger partial charge in [-0.05, 0) is 41.6 Å². The normalized spacial score (nSPS) is 15.2. The number of hydrogen-bond acceptors (Lipinski definition) is 4. The topological polar surface area (TPSA) is 29.0 Å². The number of rotatable bonds is 3. The van der Waals surface area contributed by atoms with Crippen molar-refractivity contribution in [3.8, 4) is 0 Å². The molecule has 1 aliphatic rings. The minimum atomic E-state index is 1.00. The van der Waals surface area contributed by atoms with Crippen LogP contribution in [-0.4, -0.2) is 28.0 Å². The van der Waals surface area contributed by atoms with Crippen molar-refractivity contribution in [2.75, 3.05) is 13.1 Å². The second-order valence-corrected chi connectivity index (χ2v) is 6.52. The predicted octanol–water partition coefficient (Wildman–Crippen LogP) is 3.29. The maximum absolute atomic E-state index is 4.77. The Morgan fingerprint density at radius 3 is 3.10 bits per heavy atom. The summed E-state index contributed by atoms with van der Waals surface area (Å²) in [7, 11) is 0. The number of thiophene rings is 1. The Balaban J connectivity index is 1.52. The highest BCUT2D eigenvalue weighted by molar-refractivity contribution is 7.09. The smallest absolute Gasteiger partial charge is 0.0890 e. The lowest BCUT2D eigenvalue weighted by Crippen LogP contribution is -2.32. The second kappa shape index (κ2) is 5.54. The molecule has 0 saturated carbocycles. The summed E-state index contributed by atoms with van der Waals surface area (Å²) in [6, 6.07) is 10.6. The van der Waals surface area contributed by atoms with Gasteiger partial charge in [-0.3, -0.25) is 14.9 Å². The summed E-state index contributed by atoms with van der Waals surface area (Å²) in [4.78, 5) is 13.2. The minimum absolute atomic E-state index is 1.00. The first kappa shape index (κ1) is 12.9. The summed E-state index contributed by atoms with van der Waals surface area (Å²) in [6.07, 6.45) is 4.03. The quantitative estimate of drug-likeness (QED) is 0.742. The number of hydrogen-bond donors (Lipinski definition) is 0. The number of fused-ring (bicyclic) bond motifs is 2. The van der Waals surface area contributed by atoms with Crippen molar-refractivity contribution < 1.29 is 0 Å². The van der Waals surface area contributed by atoms with Crippen LogP contribution in [0.25, 0.3) is 11.0 Å². The van der Waals surface area contributed by atoms with Crippen LogP contribution in [-0.2, 0) is 19.4 Å². The van der Waals surface area contributed by atoms with E-state index in [1.807, 2.05) is 29.7 Å². The molecule has 0 N–H and O–H groups in total. The van der Waals surface area contributed by atoms with Crippen molar-refractivity contribution in [3.05, 3.63) is 58.0 Å². The van der Waals surface area contributed by atoms with Crippen LogP contribution >= 0.6 is 11.3 Å². The first-order valence-corrected chi connectivity index (χ1v) is 8.25. The van der Waals surface area contributed by atoms with Gasteiger partial charge in [0.25, 0.3) is 0 Å². The molecule has 0 fully saturated rings. The van der Waals surface area contributed by atoms with Gasteiger partial charge in [0.2, 0.25) is 0 Å². The van der Waals surface area contributed by atoms with Gasteiger partial charge < -0.3 is 0 Å². The maximum atomic E-state index is 4.77. The number of pyridine rings is 2. The van der Waals surface area contributed by atoms with Crippen LogP contribution in [0.2, 0.25) is 0 Å². The van der Waals surface area contributed by atoms with E-state index < -0.39 is 0 Å². The zero-order valence-electron chi connectivity index (χ0n) is 11.8. The van der Waals surface area contributed by atoms with Crippen molar-refractivity contribution in [2.24, 2.45) is 0 Å². The number of nitrogens with zero attached hydrogens (tertiary/aromatic N) is 3. The average Bonchev–Trinajstić information content (AvgIpc) is 3.04. The molecule has 0 aromatic carbocycles. The first-order chi connectivity index (χ1) is 10.4. The Labute approximate surface area is 128 Å². The third-order valence-electron chi connectivity index (χ3n) is 4.07. The molecule has 0 saturated heterocycles. The Hall–Kier alpha value is -1.78. The molecule has 0 bridgehead atoms. The molecule has 106 valence electrons. The van der Waals surface area contributed by atoms with E-state index in [9.17, 15) is 0 Å². The van der Waals surface area contributed by atoms with Gasteiger partial charge in [0, 0.05) is 42.8 Å². The lowest BCUT2D eigenvalue weighted by atomic mass is 10.0. The van der Waals surface area contributed by atoms with Crippen LogP contribution in [0.3, 0.4) is 0 Å². The fraction of sp³-hybridized carbons (Fsp3) is 0.294. The van der Waals surface area contributed by atoms with E-state index in [1.165, 1.54) is 16.1 Å². The fourth-order valence-corrected chi connectivity index (χ4v) is 3.63. The summed E-state index contributed by atoms with van der Waals surface area (Å²) >= 11 is 1.85. The zero-order valence-corrected chi connectivity index (χ0v) is 12.6. The highest BCUT2D eigenvalue weighted by Gasteiger charge is 2.18. The molecule has 3 aromatic heterocycles. The van der Waals surface area contributed by atoms with E-state index in [-0.39, 0.29) is 0 Å². The molecule has 4 rings (SSSR count). The number of aromatic nitrogens is 2. The third kappa shape index (κ3) is 2.69. The lowest BCUT2D eigenvalue weighted by Gasteiger charge is -2.28. The van der Waals surface area contributed by atoms with Gasteiger partial charge >= 0.3 is 0 Å². The molecule has 21 heavy (non-hydrogen) atoms. The third-order valence-corrected chi connectivity index (χ3v) is 5.00. The van der Waals surface area contributed by atoms with E-state index in [1.54, 1.807) is 0 Å². The first-order valence-electron chi connectivity index (χ1n) is 7.37. The van der Waals surface area contributed by atoms with Crippen molar-refractivity contribution in [1.82, 2.24) is 14.9 Å². The molecule has 0 radical (unpaired) electrons. The van der Waals surface area contributed by atoms with E-state index in [2.05, 4.69) is 33.5 Å². The van der Waals surface area contributed by atoms with E-state index in [4.69, 9.17) is 4.98 Å². The lowest BCUT2D eigenvalue weighted by molar-refractivity contribution is 0.256. The van der Waals surface area contributed by atoms with E-state index in [0.717, 1.165) is 43.5 Å². The summed E-state index contributed by atoms with van der Waals surface area (Å²) in [6.45, 7) is 3.23. The Bertz CT molecular complexity index is 752. The van der Waals surface area contributed by atoms with E-state index >= 15 is 0 Å². The summed E-state index contributed by atoms with van der Waals surface area (Å²) in [5, 5.41) is 2.16. The Kier molecular flexibility index (Phi) is 3.41. The molecular weight excluding hydrogens is 278 g/mol. The van der Waals surface area contributed by atoms with Crippen LogP contribution in [0, 0.1) is 0 Å². The monoisotopic (exact) mass is 295 g/mol. The minimum Gasteiger partial charge on any atom is -0.298 e. The molecule has 0 amide bonds. The zero-order chi connectivity index (χ0) is 14.1. The second-order valence-electron chi connectivity index (χ2n) is 5.49. The van der Waals surface area contributed by atoms with E-state index in [0.29, 0.717) is 0 Å². The molecule has 0 atom stereocenters. The van der Waals surface area contributed by atoms with Crippen LogP contribution < -0.4 is 0 Å². The SMILES string of the molecule is c1csc(CCN2CCc3nc4cccnc4cc3C2)c1. The van der Waals surface area contributed by atoms with Gasteiger partial charge in [0.05, 0.1) is 11.0 Å². The van der Waals surface area contributed by atoms with Gasteiger partial charge in [0.1, 0.15) is 0 Å². The van der Waals surface area contributed by atoms with Crippen molar-refractivity contribution in [2.45, 2.75) is 19.4 Å². The largest absolute Gasteiger partial charge is 0.298 e. The predicted molar refractivity (Wildman–Crippen MR) is 86.5 cm³/mol. The molecule has 0 spiro atoms. The van der Waals surface area contributed by atoms with Crippen LogP contribution in [0.4, 0.5) is 0 Å². The molecule has 3 aromatic rings. The van der Waals surface area contributed by atoms with Gasteiger partial charge in [-0.15, -0.1) is 11.3 Å². The summed E-state index contributed by atoms with van der Waals surface area (Å²) in [5.41, 5.74) is 4.63. The fourth-order valence-electron chi connectivity index (χ4n) is 2.93. The molecule has 4 heteroatoms. The van der Waals surface area contributed by atoms with Gasteiger partial charge in [-0.2, -0.15) is 0 Å². The van der Waals surface area contributed by atoms with Gasteiger partial charge in [0.15, 0.2) is 0 Å². The van der Waals surface area contributed by atoms with Crippen molar-refractivity contribution in [3.63, 3.8) is 0 Å². The van der Waals surface area contributed by atoms with Gasteiger partial charge in [-0.25, -0.2) is 0 Å². The Morgan fingerprint density at radius 2 is 2.19 bits per heavy atom. The molecule has 0 aliphatic carbocycles. The maximum Gasteiger partial charge on any atom is 0.0890 e. The molecule has 4 heterocycles.